The number of fused-ring (bicyclic) bond motifs is 5. The zero-order chi connectivity index (χ0) is 35.0. The summed E-state index contributed by atoms with van der Waals surface area (Å²) in [5, 5.41) is 14.2. The predicted molar refractivity (Wildman–Crippen MR) is 205 cm³/mol. The topological polar surface area (TPSA) is 91.3 Å². The van der Waals surface area contributed by atoms with E-state index in [4.69, 9.17) is 20.0 Å². The average molecular weight is 727 g/mol. The van der Waals surface area contributed by atoms with Gasteiger partial charge in [-0.25, -0.2) is 15.0 Å². The van der Waals surface area contributed by atoms with Gasteiger partial charge in [0.25, 0.3) is 0 Å². The first-order valence-electron chi connectivity index (χ1n) is 17.0. The molecule has 4 aliphatic heterocycles. The first-order chi connectivity index (χ1) is 25.7. The van der Waals surface area contributed by atoms with E-state index in [0.717, 1.165) is 57.1 Å². The van der Waals surface area contributed by atoms with Gasteiger partial charge >= 0.3 is 16.5 Å². The largest absolute Gasteiger partial charge is 2.00 e. The third-order valence-corrected chi connectivity index (χ3v) is 9.39. The van der Waals surface area contributed by atoms with Crippen molar-refractivity contribution < 1.29 is 26.4 Å². The second kappa shape index (κ2) is 14.1. The van der Waals surface area contributed by atoms with E-state index >= 15 is 0 Å². The fraction of sp³-hybridized carbons (Fsp3) is 0. The molecule has 5 aromatic rings. The fourth-order valence-electron chi connectivity index (χ4n) is 7.07. The number of rotatable bonds is 5. The van der Waals surface area contributed by atoms with Gasteiger partial charge in [0, 0.05) is 16.7 Å². The molecule has 0 aliphatic carbocycles. The molecule has 6 nitrogen and oxygen atoms in total. The van der Waals surface area contributed by atoms with E-state index in [0.29, 0.717) is 56.1 Å². The third-order valence-electron chi connectivity index (χ3n) is 9.39. The molecule has 0 saturated heterocycles. The molecule has 7 heteroatoms. The molecule has 1 aromatic heterocycles. The molecular weight excluding hydrogens is 699 g/mol. The van der Waals surface area contributed by atoms with Crippen molar-refractivity contribution in [2.75, 3.05) is 0 Å². The smallest absolute Gasteiger partial charge is 0.877 e. The normalized spacial score (nSPS) is 17.0. The van der Waals surface area contributed by atoms with Gasteiger partial charge in [-0.05, 0) is 63.3 Å². The van der Waals surface area contributed by atoms with Crippen LogP contribution in [0.3, 0.4) is 0 Å². The van der Waals surface area contributed by atoms with E-state index < -0.39 is 0 Å². The monoisotopic (exact) mass is 726 g/mol. The molecule has 4 aromatic carbocycles. The van der Waals surface area contributed by atoms with Crippen LogP contribution in [0.5, 0.6) is 0 Å². The van der Waals surface area contributed by atoms with Crippen LogP contribution in [-0.2, 0) is 21.3 Å². The van der Waals surface area contributed by atoms with Gasteiger partial charge in [0.05, 0.1) is 34.2 Å². The van der Waals surface area contributed by atoms with Crippen LogP contribution in [-0.4, -0.2) is 23.4 Å². The second-order valence-corrected chi connectivity index (χ2v) is 12.5. The SMILES string of the molecule is O=CC1=CC2=NC1=C(c1ccccc1)C1=NC(=C(c3ccccc3)C3=CC(=C[O-])C(=N3)C(c3ccccc3)=c3ccc([n-]3)=C2c2ccccc2)C=C1.[Ni+2]. The van der Waals surface area contributed by atoms with Gasteiger partial charge in [0.2, 0.25) is 0 Å². The van der Waals surface area contributed by atoms with Crippen LogP contribution in [0.1, 0.15) is 22.3 Å². The van der Waals surface area contributed by atoms with E-state index in [1.54, 1.807) is 0 Å². The zero-order valence-corrected chi connectivity index (χ0v) is 29.1. The number of carbonyl (C=O) groups excluding carboxylic acids is 1. The molecule has 5 heterocycles. The second-order valence-electron chi connectivity index (χ2n) is 12.5. The number of benzene rings is 4. The van der Waals surface area contributed by atoms with E-state index in [9.17, 15) is 9.90 Å². The molecular formula is C46H28N4NiO2. The quantitative estimate of drug-likeness (QED) is 0.126. The van der Waals surface area contributed by atoms with Gasteiger partial charge in [-0.2, -0.15) is 0 Å². The van der Waals surface area contributed by atoms with E-state index in [-0.39, 0.29) is 16.5 Å². The molecule has 0 atom stereocenters. The van der Waals surface area contributed by atoms with Crippen molar-refractivity contribution in [1.29, 1.82) is 0 Å². The standard InChI is InChI=1S/C46H30N4O2.Ni/c51-27-33-25-39-41(29-13-5-1-6-14-29)35-21-23-37(47-35)43(31-17-9-3-10-18-31)46-34(28-52)26-40(50-46)42(30-15-7-2-8-16-30)36-22-24-38(48-36)44(45(33)49-39)32-19-11-4-12-20-32;/h1-28H,(H2,47,48,49,50,51,52);/q;+2/p-2. The van der Waals surface area contributed by atoms with Gasteiger partial charge in [0.1, 0.15) is 0 Å². The summed E-state index contributed by atoms with van der Waals surface area (Å²) in [7, 11) is 0. The van der Waals surface area contributed by atoms with Gasteiger partial charge in [-0.3, -0.25) is 4.79 Å². The Morgan fingerprint density at radius 2 is 1.06 bits per heavy atom. The average Bonchev–Trinajstić information content (AvgIpc) is 4.03. The molecule has 0 unspecified atom stereocenters. The van der Waals surface area contributed by atoms with E-state index in [1.807, 2.05) is 158 Å². The van der Waals surface area contributed by atoms with Crippen molar-refractivity contribution in [3.8, 4) is 0 Å². The predicted octanol–water partition coefficient (Wildman–Crippen LogP) is 6.05. The van der Waals surface area contributed by atoms with Gasteiger partial charge in [-0.1, -0.05) is 133 Å². The Morgan fingerprint density at radius 1 is 0.528 bits per heavy atom. The summed E-state index contributed by atoms with van der Waals surface area (Å²) in [6, 6.07) is 43.6. The van der Waals surface area contributed by atoms with E-state index in [1.165, 1.54) is 0 Å². The number of carbonyl (C=O) groups is 1. The maximum Gasteiger partial charge on any atom is 2.00 e. The summed E-state index contributed by atoms with van der Waals surface area (Å²) in [5.74, 6) is 0. The molecule has 8 bridgehead atoms. The van der Waals surface area contributed by atoms with Crippen LogP contribution in [0, 0.1) is 0 Å². The zero-order valence-electron chi connectivity index (χ0n) is 28.1. The summed E-state index contributed by atoms with van der Waals surface area (Å²) in [6.07, 6.45) is 9.31. The molecule has 0 spiro atoms. The molecule has 9 rings (SSSR count). The molecule has 0 amide bonds. The number of aldehydes is 1. The van der Waals surface area contributed by atoms with Crippen molar-refractivity contribution in [2.45, 2.75) is 0 Å². The van der Waals surface area contributed by atoms with Gasteiger partial charge < -0.3 is 10.1 Å². The minimum atomic E-state index is 0. The summed E-state index contributed by atoms with van der Waals surface area (Å²) >= 11 is 0. The van der Waals surface area contributed by atoms with E-state index in [2.05, 4.69) is 0 Å². The van der Waals surface area contributed by atoms with Crippen LogP contribution in [0.15, 0.2) is 207 Å². The number of hydrogen-bond acceptors (Lipinski definition) is 5. The van der Waals surface area contributed by atoms with Crippen LogP contribution < -0.4 is 20.8 Å². The number of allylic oxidation sites excluding steroid dienone is 8. The molecule has 254 valence electrons. The van der Waals surface area contributed by atoms with Crippen LogP contribution >= 0.6 is 0 Å². The first kappa shape index (κ1) is 33.5. The Kier molecular flexibility index (Phi) is 8.93. The molecule has 53 heavy (non-hydrogen) atoms. The molecule has 0 radical (unpaired) electrons. The third kappa shape index (κ3) is 5.97. The summed E-state index contributed by atoms with van der Waals surface area (Å²) in [5.41, 5.74) is 11.1. The number of hydrogen-bond donors (Lipinski definition) is 0. The Balaban J connectivity index is 0.00000400. The van der Waals surface area contributed by atoms with Gasteiger partial charge in [0.15, 0.2) is 6.29 Å². The minimum absolute atomic E-state index is 0. The Bertz CT molecular complexity index is 2710. The number of nitrogens with zero attached hydrogens (tertiary/aromatic N) is 4. The summed E-state index contributed by atoms with van der Waals surface area (Å²) in [4.78, 5) is 33.8. The molecule has 4 aliphatic rings. The number of aliphatic imine (C=N–C) groups is 3. The molecule has 0 N–H and O–H groups in total. The summed E-state index contributed by atoms with van der Waals surface area (Å²) in [6.45, 7) is 0. The number of aromatic nitrogens is 1. The van der Waals surface area contributed by atoms with Crippen LogP contribution in [0.4, 0.5) is 0 Å². The molecule has 0 fully saturated rings. The van der Waals surface area contributed by atoms with Crippen LogP contribution in [0.25, 0.3) is 22.3 Å². The van der Waals surface area contributed by atoms with Crippen molar-refractivity contribution >= 4 is 45.7 Å². The first-order valence-corrected chi connectivity index (χ1v) is 17.0. The van der Waals surface area contributed by atoms with Crippen molar-refractivity contribution in [2.24, 2.45) is 15.0 Å². The Hall–Kier alpha value is -6.69. The maximum atomic E-state index is 12.9. The maximum absolute atomic E-state index is 12.9. The fourth-order valence-corrected chi connectivity index (χ4v) is 7.07. The van der Waals surface area contributed by atoms with Crippen molar-refractivity contribution in [3.63, 3.8) is 0 Å². The molecule has 0 saturated carbocycles. The van der Waals surface area contributed by atoms with Crippen molar-refractivity contribution in [1.82, 2.24) is 4.98 Å². The minimum Gasteiger partial charge on any atom is -0.877 e. The van der Waals surface area contributed by atoms with Gasteiger partial charge in [-0.15, -0.1) is 17.0 Å². The van der Waals surface area contributed by atoms with Crippen LogP contribution in [0.2, 0.25) is 0 Å². The Labute approximate surface area is 316 Å². The summed E-state index contributed by atoms with van der Waals surface area (Å²) < 4.78 is 0. The van der Waals surface area contributed by atoms with Crippen molar-refractivity contribution in [3.05, 3.63) is 225 Å². The Morgan fingerprint density at radius 3 is 1.62 bits per heavy atom.